The lowest BCUT2D eigenvalue weighted by Gasteiger charge is -2.40. The van der Waals surface area contributed by atoms with Gasteiger partial charge in [0, 0.05) is 61.3 Å². The summed E-state index contributed by atoms with van der Waals surface area (Å²) in [5.41, 5.74) is 1.43. The van der Waals surface area contributed by atoms with Crippen LogP contribution in [-0.2, 0) is 13.1 Å². The van der Waals surface area contributed by atoms with Gasteiger partial charge < -0.3 is 20.6 Å². The van der Waals surface area contributed by atoms with Crippen molar-refractivity contribution < 1.29 is 32.3 Å². The molecule has 3 aromatic rings. The van der Waals surface area contributed by atoms with E-state index in [0.717, 1.165) is 5.56 Å². The first-order chi connectivity index (χ1) is 18.6. The van der Waals surface area contributed by atoms with E-state index in [1.807, 2.05) is 6.92 Å². The van der Waals surface area contributed by atoms with Crippen molar-refractivity contribution in [3.63, 3.8) is 0 Å². The second kappa shape index (κ2) is 11.7. The molecule has 0 aromatic heterocycles. The number of nitrogens with one attached hydrogen (secondary N) is 2. The highest BCUT2D eigenvalue weighted by Crippen LogP contribution is 2.38. The fourth-order valence-electron chi connectivity index (χ4n) is 4.45. The Balaban J connectivity index is 1.64. The van der Waals surface area contributed by atoms with Crippen LogP contribution in [0, 0.1) is 23.3 Å². The molecule has 0 radical (unpaired) electrons. The highest BCUT2D eigenvalue weighted by atomic mass is 19.1. The predicted octanol–water partition coefficient (Wildman–Crippen LogP) is 5.10. The molecule has 0 aliphatic carbocycles. The van der Waals surface area contributed by atoms with Gasteiger partial charge >= 0.3 is 6.03 Å². The van der Waals surface area contributed by atoms with Crippen LogP contribution in [0.4, 0.5) is 33.7 Å². The molecule has 1 atom stereocenters. The molecule has 1 aliphatic heterocycles. The van der Waals surface area contributed by atoms with Crippen LogP contribution in [0.5, 0.6) is 0 Å². The Morgan fingerprint density at radius 1 is 1.00 bits per heavy atom. The van der Waals surface area contributed by atoms with Crippen molar-refractivity contribution in [3.05, 3.63) is 94.1 Å². The lowest BCUT2D eigenvalue weighted by atomic mass is 9.98. The Kier molecular flexibility index (Phi) is 8.39. The summed E-state index contributed by atoms with van der Waals surface area (Å²) in [5, 5.41) is 14.6. The first kappa shape index (κ1) is 27.9. The molecule has 0 saturated carbocycles. The number of amides is 3. The van der Waals surface area contributed by atoms with Gasteiger partial charge in [-0.05, 0) is 43.2 Å². The number of aliphatic hydroxyl groups excluding tert-OH is 1. The maximum Gasteiger partial charge on any atom is 0.325 e. The average Bonchev–Trinajstić information content (AvgIpc) is 2.90. The van der Waals surface area contributed by atoms with Crippen molar-refractivity contribution in [2.24, 2.45) is 0 Å². The van der Waals surface area contributed by atoms with E-state index in [-0.39, 0.29) is 30.3 Å². The van der Waals surface area contributed by atoms with Crippen molar-refractivity contribution in [3.8, 4) is 0 Å². The largest absolute Gasteiger partial charge is 0.396 e. The summed E-state index contributed by atoms with van der Waals surface area (Å²) in [4.78, 5) is 29.1. The van der Waals surface area contributed by atoms with E-state index in [9.17, 15) is 27.2 Å². The van der Waals surface area contributed by atoms with Gasteiger partial charge in [0.2, 0.25) is 0 Å². The van der Waals surface area contributed by atoms with Crippen molar-refractivity contribution in [2.75, 3.05) is 30.4 Å². The zero-order valence-electron chi connectivity index (χ0n) is 21.4. The Hall–Kier alpha value is -4.12. The van der Waals surface area contributed by atoms with E-state index < -0.39 is 47.3 Å². The standard InChI is InChI=1S/C28H28F4N4O3/c1-16-19-8-7-17(27(38)34-14-20-23(31)12-18(29)13-24(20)32)11-26(19)36(28(39)35(16)2)15-21-22(30)5-3-6-25(21)33-9-4-10-37/h3,5-8,11-13,16,33,37H,4,9-10,14-15H2,1-2H3,(H,34,38). The minimum atomic E-state index is -1.12. The van der Waals surface area contributed by atoms with Gasteiger partial charge in [-0.1, -0.05) is 12.1 Å². The Bertz CT molecular complexity index is 1380. The molecule has 3 aromatic carbocycles. The molecule has 0 spiro atoms. The smallest absolute Gasteiger partial charge is 0.325 e. The van der Waals surface area contributed by atoms with E-state index in [1.54, 1.807) is 19.2 Å². The molecule has 0 saturated heterocycles. The number of hydrogen-bond acceptors (Lipinski definition) is 4. The van der Waals surface area contributed by atoms with Crippen molar-refractivity contribution >= 4 is 23.3 Å². The maximum absolute atomic E-state index is 15.0. The topological polar surface area (TPSA) is 84.9 Å². The van der Waals surface area contributed by atoms with Gasteiger partial charge in [0.15, 0.2) is 0 Å². The molecule has 3 amide bonds. The summed E-state index contributed by atoms with van der Waals surface area (Å²) in [6.45, 7) is 1.51. The third-order valence-electron chi connectivity index (χ3n) is 6.76. The first-order valence-electron chi connectivity index (χ1n) is 12.3. The second-order valence-corrected chi connectivity index (χ2v) is 9.23. The van der Waals surface area contributed by atoms with E-state index >= 15 is 0 Å². The average molecular weight is 545 g/mol. The number of aliphatic hydroxyl groups is 1. The number of rotatable bonds is 9. The number of hydrogen-bond donors (Lipinski definition) is 3. The summed E-state index contributed by atoms with van der Waals surface area (Å²) in [5.74, 6) is -4.52. The number of urea groups is 1. The number of anilines is 2. The van der Waals surface area contributed by atoms with Crippen LogP contribution in [0.25, 0.3) is 0 Å². The summed E-state index contributed by atoms with van der Waals surface area (Å²) >= 11 is 0. The normalized spacial score (nSPS) is 14.8. The summed E-state index contributed by atoms with van der Waals surface area (Å²) in [7, 11) is 1.62. The Morgan fingerprint density at radius 2 is 1.72 bits per heavy atom. The van der Waals surface area contributed by atoms with Crippen molar-refractivity contribution in [1.82, 2.24) is 10.2 Å². The highest BCUT2D eigenvalue weighted by molar-refractivity contribution is 6.00. The molecule has 3 N–H and O–H groups in total. The quantitative estimate of drug-likeness (QED) is 0.259. The lowest BCUT2D eigenvalue weighted by Crippen LogP contribution is -2.46. The maximum atomic E-state index is 15.0. The molecule has 0 fully saturated rings. The third-order valence-corrected chi connectivity index (χ3v) is 6.76. The molecule has 39 heavy (non-hydrogen) atoms. The van der Waals surface area contributed by atoms with Crippen molar-refractivity contribution in [2.45, 2.75) is 32.5 Å². The van der Waals surface area contributed by atoms with Gasteiger partial charge in [-0.25, -0.2) is 22.4 Å². The molecule has 206 valence electrons. The van der Waals surface area contributed by atoms with Crippen LogP contribution in [0.1, 0.15) is 46.4 Å². The van der Waals surface area contributed by atoms with Gasteiger partial charge in [0.05, 0.1) is 18.3 Å². The van der Waals surface area contributed by atoms with Crippen LogP contribution < -0.4 is 15.5 Å². The summed E-state index contributed by atoms with van der Waals surface area (Å²) in [6, 6.07) is 9.47. The fourth-order valence-corrected chi connectivity index (χ4v) is 4.45. The number of benzene rings is 3. The molecule has 11 heteroatoms. The molecule has 1 heterocycles. The van der Waals surface area contributed by atoms with Gasteiger partial charge in [-0.15, -0.1) is 0 Å². The molecule has 4 rings (SSSR count). The number of carbonyl (C=O) groups is 2. The number of fused-ring (bicyclic) bond motifs is 1. The summed E-state index contributed by atoms with van der Waals surface area (Å²) in [6.07, 6.45) is 0.450. The zero-order chi connectivity index (χ0) is 28.3. The highest BCUT2D eigenvalue weighted by Gasteiger charge is 2.34. The van der Waals surface area contributed by atoms with E-state index in [1.165, 1.54) is 34.1 Å². The number of carbonyl (C=O) groups excluding carboxylic acids is 2. The van der Waals surface area contributed by atoms with Gasteiger partial charge in [-0.3, -0.25) is 9.69 Å². The van der Waals surface area contributed by atoms with Gasteiger partial charge in [0.25, 0.3) is 5.91 Å². The third kappa shape index (κ3) is 5.83. The minimum absolute atomic E-state index is 0.0381. The van der Waals surface area contributed by atoms with Crippen LogP contribution >= 0.6 is 0 Å². The van der Waals surface area contributed by atoms with Gasteiger partial charge in [0.1, 0.15) is 23.3 Å². The molecule has 1 unspecified atom stereocenters. The Labute approximate surface area is 223 Å². The van der Waals surface area contributed by atoms with Crippen molar-refractivity contribution in [1.29, 1.82) is 0 Å². The molecule has 0 bridgehead atoms. The lowest BCUT2D eigenvalue weighted by molar-refractivity contribution is 0.0950. The Morgan fingerprint density at radius 3 is 2.41 bits per heavy atom. The van der Waals surface area contributed by atoms with E-state index in [0.29, 0.717) is 36.5 Å². The molecule has 7 nitrogen and oxygen atoms in total. The molecular weight excluding hydrogens is 516 g/mol. The van der Waals surface area contributed by atoms with Crippen LogP contribution in [0.2, 0.25) is 0 Å². The number of halogens is 4. The van der Waals surface area contributed by atoms with Crippen LogP contribution in [-0.4, -0.2) is 42.1 Å². The molecule has 1 aliphatic rings. The number of nitrogens with zero attached hydrogens (tertiary/aromatic N) is 2. The second-order valence-electron chi connectivity index (χ2n) is 9.23. The summed E-state index contributed by atoms with van der Waals surface area (Å²) < 4.78 is 56.2. The monoisotopic (exact) mass is 544 g/mol. The predicted molar refractivity (Wildman–Crippen MR) is 138 cm³/mol. The van der Waals surface area contributed by atoms with Crippen LogP contribution in [0.15, 0.2) is 48.5 Å². The van der Waals surface area contributed by atoms with E-state index in [4.69, 9.17) is 5.11 Å². The van der Waals surface area contributed by atoms with Crippen LogP contribution in [0.3, 0.4) is 0 Å². The van der Waals surface area contributed by atoms with E-state index in [2.05, 4.69) is 10.6 Å². The minimum Gasteiger partial charge on any atom is -0.396 e. The zero-order valence-corrected chi connectivity index (χ0v) is 21.4. The molecular formula is C28H28F4N4O3. The van der Waals surface area contributed by atoms with Gasteiger partial charge in [-0.2, -0.15) is 0 Å². The fraction of sp³-hybridized carbons (Fsp3) is 0.286. The first-order valence-corrected chi connectivity index (χ1v) is 12.3. The SMILES string of the molecule is CC1c2ccc(C(=O)NCc3c(F)cc(F)cc3F)cc2N(Cc2c(F)cccc2NCCCO)C(=O)N1C.